The molecule has 0 spiro atoms. The number of hydrogen-bond acceptors (Lipinski definition) is 9. The van der Waals surface area contributed by atoms with E-state index in [0.29, 0.717) is 0 Å². The van der Waals surface area contributed by atoms with Gasteiger partial charge in [0.15, 0.2) is 5.76 Å². The quantitative estimate of drug-likeness (QED) is 0.368. The number of carbonyl (C=O) groups is 1. The zero-order valence-corrected chi connectivity index (χ0v) is 11.2. The Bertz CT molecular complexity index is 430. The lowest BCUT2D eigenvalue weighted by atomic mass is 9.99. The van der Waals surface area contributed by atoms with Crippen LogP contribution < -0.4 is 0 Å². The van der Waals surface area contributed by atoms with Crippen LogP contribution in [-0.4, -0.2) is 81.0 Å². The van der Waals surface area contributed by atoms with Crippen LogP contribution in [-0.2, 0) is 19.0 Å². The van der Waals surface area contributed by atoms with E-state index < -0.39 is 48.9 Å². The van der Waals surface area contributed by atoms with Crippen LogP contribution >= 0.6 is 0 Å². The van der Waals surface area contributed by atoms with Crippen molar-refractivity contribution in [3.05, 3.63) is 11.8 Å². The highest BCUT2D eigenvalue weighted by Crippen LogP contribution is 2.27. The van der Waals surface area contributed by atoms with Crippen LogP contribution in [0.5, 0.6) is 0 Å². The molecule has 0 aromatic rings. The molecule has 5 N–H and O–H groups in total. The van der Waals surface area contributed by atoms with Crippen LogP contribution in [0, 0.1) is 0 Å². The van der Waals surface area contributed by atoms with E-state index in [-0.39, 0.29) is 12.4 Å². The SMILES string of the molecule is CC1(O)OCC=C(OC2OC(CO)C(O)C(O)C2O)C1=O. The Morgan fingerprint density at radius 1 is 1.33 bits per heavy atom. The van der Waals surface area contributed by atoms with E-state index in [1.165, 1.54) is 6.08 Å². The molecular weight excluding hydrogens is 288 g/mol. The maximum Gasteiger partial charge on any atom is 0.255 e. The lowest BCUT2D eigenvalue weighted by Crippen LogP contribution is -2.59. The smallest absolute Gasteiger partial charge is 0.255 e. The van der Waals surface area contributed by atoms with E-state index in [4.69, 9.17) is 19.3 Å². The molecule has 0 radical (unpaired) electrons. The summed E-state index contributed by atoms with van der Waals surface area (Å²) in [7, 11) is 0. The number of Topliss-reactive ketones (excluding diaryl/α,β-unsaturated/α-hetero) is 1. The van der Waals surface area contributed by atoms with Crippen LogP contribution in [0.1, 0.15) is 6.92 Å². The molecule has 6 atom stereocenters. The topological polar surface area (TPSA) is 146 Å². The number of ether oxygens (including phenoxy) is 3. The average molecular weight is 306 g/mol. The summed E-state index contributed by atoms with van der Waals surface area (Å²) < 4.78 is 15.1. The first-order chi connectivity index (χ1) is 9.77. The second kappa shape index (κ2) is 5.97. The molecule has 1 saturated heterocycles. The minimum absolute atomic E-state index is 0.0918. The summed E-state index contributed by atoms with van der Waals surface area (Å²) in [5.74, 6) is -3.22. The Morgan fingerprint density at radius 2 is 2.00 bits per heavy atom. The predicted octanol–water partition coefficient (Wildman–Crippen LogP) is -3.01. The minimum atomic E-state index is -2.06. The minimum Gasteiger partial charge on any atom is -0.458 e. The van der Waals surface area contributed by atoms with Gasteiger partial charge < -0.3 is 39.7 Å². The summed E-state index contributed by atoms with van der Waals surface area (Å²) in [6, 6.07) is 0. The van der Waals surface area contributed by atoms with Crippen molar-refractivity contribution in [3.63, 3.8) is 0 Å². The fourth-order valence-electron chi connectivity index (χ4n) is 2.06. The highest BCUT2D eigenvalue weighted by molar-refractivity contribution is 5.99. The summed E-state index contributed by atoms with van der Waals surface area (Å²) in [5.41, 5.74) is 0. The molecule has 0 bridgehead atoms. The van der Waals surface area contributed by atoms with E-state index in [2.05, 4.69) is 0 Å². The predicted molar refractivity (Wildman–Crippen MR) is 64.5 cm³/mol. The number of hydrogen-bond donors (Lipinski definition) is 5. The van der Waals surface area contributed by atoms with Gasteiger partial charge in [0.25, 0.3) is 5.78 Å². The van der Waals surface area contributed by atoms with Gasteiger partial charge >= 0.3 is 0 Å². The molecule has 2 aliphatic heterocycles. The van der Waals surface area contributed by atoms with Gasteiger partial charge in [0.05, 0.1) is 13.2 Å². The molecule has 2 rings (SSSR count). The Labute approximate surface area is 120 Å². The van der Waals surface area contributed by atoms with Crippen LogP contribution in [0.25, 0.3) is 0 Å². The van der Waals surface area contributed by atoms with Crippen LogP contribution in [0.4, 0.5) is 0 Å². The highest BCUT2D eigenvalue weighted by atomic mass is 16.7. The zero-order chi connectivity index (χ0) is 15.8. The number of aliphatic hydroxyl groups is 5. The van der Waals surface area contributed by atoms with Gasteiger partial charge in [0.1, 0.15) is 24.4 Å². The van der Waals surface area contributed by atoms with Crippen molar-refractivity contribution in [2.45, 2.75) is 43.4 Å². The largest absolute Gasteiger partial charge is 0.458 e. The summed E-state index contributed by atoms with van der Waals surface area (Å²) in [4.78, 5) is 11.9. The first-order valence-electron chi connectivity index (χ1n) is 6.36. The van der Waals surface area contributed by atoms with Crippen molar-refractivity contribution < 1.29 is 44.5 Å². The van der Waals surface area contributed by atoms with Gasteiger partial charge in [-0.15, -0.1) is 0 Å². The molecule has 0 aromatic carbocycles. The van der Waals surface area contributed by atoms with Gasteiger partial charge in [-0.2, -0.15) is 0 Å². The number of carbonyl (C=O) groups excluding carboxylic acids is 1. The lowest BCUT2D eigenvalue weighted by molar-refractivity contribution is -0.293. The van der Waals surface area contributed by atoms with Crippen molar-refractivity contribution >= 4 is 5.78 Å². The van der Waals surface area contributed by atoms with Crippen molar-refractivity contribution in [3.8, 4) is 0 Å². The molecule has 0 aromatic heterocycles. The van der Waals surface area contributed by atoms with E-state index in [0.717, 1.165) is 6.92 Å². The zero-order valence-electron chi connectivity index (χ0n) is 11.2. The second-order valence-corrected chi connectivity index (χ2v) is 5.01. The fourth-order valence-corrected chi connectivity index (χ4v) is 2.06. The van der Waals surface area contributed by atoms with Gasteiger partial charge in [-0.25, -0.2) is 0 Å². The monoisotopic (exact) mass is 306 g/mol. The third-order valence-corrected chi connectivity index (χ3v) is 3.37. The number of ketones is 1. The first kappa shape index (κ1) is 16.3. The molecule has 0 aliphatic carbocycles. The standard InChI is InChI=1S/C12H18O9/c1-12(18)10(17)5(2-3-19-12)20-11-9(16)8(15)7(14)6(4-13)21-11/h2,6-9,11,13-16,18H,3-4H2,1H3. The molecule has 0 amide bonds. The summed E-state index contributed by atoms with van der Waals surface area (Å²) >= 11 is 0. The summed E-state index contributed by atoms with van der Waals surface area (Å²) in [6.07, 6.45) is -6.16. The van der Waals surface area contributed by atoms with Gasteiger partial charge in [-0.05, 0) is 13.0 Å². The Hall–Kier alpha value is -1.07. The molecule has 6 unspecified atom stereocenters. The number of rotatable bonds is 3. The normalized spacial score (nSPS) is 44.4. The van der Waals surface area contributed by atoms with Crippen molar-refractivity contribution in [2.75, 3.05) is 13.2 Å². The summed E-state index contributed by atoms with van der Waals surface area (Å²) in [6.45, 7) is 0.434. The van der Waals surface area contributed by atoms with E-state index in [9.17, 15) is 25.2 Å². The van der Waals surface area contributed by atoms with Gasteiger partial charge in [-0.3, -0.25) is 4.79 Å². The van der Waals surface area contributed by atoms with Crippen LogP contribution in [0.3, 0.4) is 0 Å². The summed E-state index contributed by atoms with van der Waals surface area (Å²) in [5, 5.41) is 47.8. The lowest BCUT2D eigenvalue weighted by Gasteiger charge is -2.40. The maximum absolute atomic E-state index is 11.9. The third-order valence-electron chi connectivity index (χ3n) is 3.37. The van der Waals surface area contributed by atoms with Crippen molar-refractivity contribution in [1.29, 1.82) is 0 Å². The molecule has 9 heteroatoms. The molecule has 1 fully saturated rings. The average Bonchev–Trinajstić information content (AvgIpc) is 2.44. The molecule has 2 aliphatic rings. The molecule has 120 valence electrons. The second-order valence-electron chi connectivity index (χ2n) is 5.01. The highest BCUT2D eigenvalue weighted by Gasteiger charge is 2.46. The van der Waals surface area contributed by atoms with E-state index in [1.807, 2.05) is 0 Å². The first-order valence-corrected chi connectivity index (χ1v) is 6.36. The van der Waals surface area contributed by atoms with Crippen LogP contribution in [0.15, 0.2) is 11.8 Å². The Morgan fingerprint density at radius 3 is 2.62 bits per heavy atom. The third kappa shape index (κ3) is 3.09. The molecule has 21 heavy (non-hydrogen) atoms. The van der Waals surface area contributed by atoms with Crippen molar-refractivity contribution in [2.24, 2.45) is 0 Å². The van der Waals surface area contributed by atoms with Gasteiger partial charge in [0, 0.05) is 0 Å². The number of aliphatic hydroxyl groups excluding tert-OH is 4. The van der Waals surface area contributed by atoms with E-state index >= 15 is 0 Å². The molecule has 2 heterocycles. The molecular formula is C12H18O9. The Kier molecular flexibility index (Phi) is 4.63. The van der Waals surface area contributed by atoms with E-state index in [1.54, 1.807) is 0 Å². The van der Waals surface area contributed by atoms with Gasteiger partial charge in [-0.1, -0.05) is 0 Å². The Balaban J connectivity index is 2.11. The molecule has 0 saturated carbocycles. The fraction of sp³-hybridized carbons (Fsp3) is 0.750. The van der Waals surface area contributed by atoms with Crippen LogP contribution in [0.2, 0.25) is 0 Å². The maximum atomic E-state index is 11.9. The van der Waals surface area contributed by atoms with Gasteiger partial charge in [0.2, 0.25) is 12.1 Å². The molecule has 9 nitrogen and oxygen atoms in total. The van der Waals surface area contributed by atoms with Crippen molar-refractivity contribution in [1.82, 2.24) is 0 Å².